The fraction of sp³-hybridized carbons (Fsp3) is 0.571. The Morgan fingerprint density at radius 2 is 1.92 bits per heavy atom. The van der Waals surface area contributed by atoms with Crippen molar-refractivity contribution in [2.24, 2.45) is 18.9 Å². The zero-order valence-corrected chi connectivity index (χ0v) is 20.9. The highest BCUT2D eigenvalue weighted by molar-refractivity contribution is 6.09. The van der Waals surface area contributed by atoms with Crippen molar-refractivity contribution in [3.8, 4) is 17.9 Å². The third kappa shape index (κ3) is 7.13. The van der Waals surface area contributed by atoms with Gasteiger partial charge in [0.15, 0.2) is 5.78 Å². The molecule has 0 aliphatic heterocycles. The first-order chi connectivity index (χ1) is 17.1. The highest BCUT2D eigenvalue weighted by atomic mass is 19.3. The van der Waals surface area contributed by atoms with Gasteiger partial charge < -0.3 is 9.67 Å². The van der Waals surface area contributed by atoms with Crippen molar-refractivity contribution in [3.05, 3.63) is 29.1 Å². The van der Waals surface area contributed by atoms with Gasteiger partial charge in [-0.05, 0) is 31.2 Å². The predicted octanol–water partition coefficient (Wildman–Crippen LogP) is 6.06. The fourth-order valence-corrected chi connectivity index (χ4v) is 4.83. The molecule has 1 atom stereocenters. The molecule has 0 spiro atoms. The Bertz CT molecular complexity index is 1210. The highest BCUT2D eigenvalue weighted by Crippen LogP contribution is 2.41. The Balaban J connectivity index is 1.57. The molecule has 0 unspecified atom stereocenters. The molecule has 2 aromatic heterocycles. The number of carbonyl (C=O) groups excluding carboxylic acids is 1. The summed E-state index contributed by atoms with van der Waals surface area (Å²) in [5.74, 6) is 1.96. The highest BCUT2D eigenvalue weighted by Gasteiger charge is 2.44. The predicted molar refractivity (Wildman–Crippen MR) is 133 cm³/mol. The summed E-state index contributed by atoms with van der Waals surface area (Å²) in [4.78, 5) is 28.7. The number of carboxylic acid groups (broad SMARTS) is 1. The SMILES string of the molecule is C[C@@H](CC(=O)O)CC(=O)c1c(CCCCCCCC#CC2CC(F)(F)C2)n(C)c2ncc(C#N)cc12. The second-order valence-corrected chi connectivity index (χ2v) is 9.97. The van der Waals surface area contributed by atoms with Gasteiger partial charge in [-0.3, -0.25) is 9.59 Å². The smallest absolute Gasteiger partial charge is 0.303 e. The van der Waals surface area contributed by atoms with Crippen LogP contribution in [0.25, 0.3) is 11.0 Å². The normalized spacial score (nSPS) is 15.5. The Hall–Kier alpha value is -3.26. The van der Waals surface area contributed by atoms with E-state index in [1.165, 1.54) is 6.20 Å². The topological polar surface area (TPSA) is 96.0 Å². The molecular weight excluding hydrogens is 464 g/mol. The Morgan fingerprint density at radius 1 is 1.22 bits per heavy atom. The zero-order valence-electron chi connectivity index (χ0n) is 20.9. The summed E-state index contributed by atoms with van der Waals surface area (Å²) in [6.45, 7) is 1.75. The van der Waals surface area contributed by atoms with Gasteiger partial charge in [-0.1, -0.05) is 32.1 Å². The number of alkyl halides is 2. The number of pyridine rings is 1. The largest absolute Gasteiger partial charge is 0.481 e. The van der Waals surface area contributed by atoms with Crippen LogP contribution >= 0.6 is 0 Å². The number of ketones is 1. The summed E-state index contributed by atoms with van der Waals surface area (Å²) in [6, 6.07) is 3.76. The molecule has 1 aliphatic carbocycles. The Kier molecular flexibility index (Phi) is 9.20. The Labute approximate surface area is 210 Å². The van der Waals surface area contributed by atoms with Crippen molar-refractivity contribution in [2.75, 3.05) is 0 Å². The third-order valence-electron chi connectivity index (χ3n) is 6.72. The lowest BCUT2D eigenvalue weighted by Gasteiger charge is -2.31. The number of hydrogen-bond acceptors (Lipinski definition) is 4. The molecule has 2 heterocycles. The van der Waals surface area contributed by atoms with Crippen LogP contribution in [-0.2, 0) is 18.3 Å². The van der Waals surface area contributed by atoms with Crippen molar-refractivity contribution in [2.45, 2.75) is 83.5 Å². The van der Waals surface area contributed by atoms with Crippen LogP contribution in [0.5, 0.6) is 0 Å². The van der Waals surface area contributed by atoms with Crippen LogP contribution in [0, 0.1) is 35.0 Å². The average Bonchev–Trinajstić information content (AvgIpc) is 3.06. The first kappa shape index (κ1) is 27.3. The van der Waals surface area contributed by atoms with Crippen LogP contribution in [0.4, 0.5) is 8.78 Å². The lowest BCUT2D eigenvalue weighted by molar-refractivity contribution is -0.137. The molecule has 0 saturated heterocycles. The van der Waals surface area contributed by atoms with Gasteiger partial charge in [0.1, 0.15) is 11.7 Å². The Morgan fingerprint density at radius 3 is 2.58 bits per heavy atom. The van der Waals surface area contributed by atoms with E-state index >= 15 is 0 Å². The lowest BCUT2D eigenvalue weighted by Crippen LogP contribution is -2.34. The second-order valence-electron chi connectivity index (χ2n) is 9.97. The van der Waals surface area contributed by atoms with Crippen molar-refractivity contribution in [1.82, 2.24) is 9.55 Å². The van der Waals surface area contributed by atoms with Crippen LogP contribution in [0.3, 0.4) is 0 Å². The molecule has 2 aromatic rings. The number of carboxylic acids is 1. The number of Topliss-reactive ketones (excluding diaryl/α,β-unsaturated/α-hetero) is 1. The van der Waals surface area contributed by atoms with Crippen molar-refractivity contribution in [1.29, 1.82) is 5.26 Å². The molecule has 0 aromatic carbocycles. The summed E-state index contributed by atoms with van der Waals surface area (Å²) in [5.41, 5.74) is 2.43. The maximum Gasteiger partial charge on any atom is 0.303 e. The first-order valence-corrected chi connectivity index (χ1v) is 12.6. The molecule has 0 bridgehead atoms. The second kappa shape index (κ2) is 12.1. The number of nitrogens with zero attached hydrogens (tertiary/aromatic N) is 3. The molecule has 0 radical (unpaired) electrons. The lowest BCUT2D eigenvalue weighted by atomic mass is 9.82. The van der Waals surface area contributed by atoms with E-state index in [9.17, 15) is 23.6 Å². The average molecular weight is 498 g/mol. The number of halogens is 2. The van der Waals surface area contributed by atoms with Crippen molar-refractivity contribution >= 4 is 22.8 Å². The number of rotatable bonds is 12. The van der Waals surface area contributed by atoms with Gasteiger partial charge in [0, 0.05) is 67.9 Å². The van der Waals surface area contributed by atoms with E-state index in [1.807, 2.05) is 11.6 Å². The van der Waals surface area contributed by atoms with Gasteiger partial charge in [-0.15, -0.1) is 5.92 Å². The summed E-state index contributed by atoms with van der Waals surface area (Å²) in [7, 11) is 1.87. The molecule has 3 rings (SSSR count). The number of aliphatic carboxylic acids is 1. The first-order valence-electron chi connectivity index (χ1n) is 12.6. The van der Waals surface area contributed by atoms with Gasteiger partial charge in [0.05, 0.1) is 5.56 Å². The molecule has 1 saturated carbocycles. The monoisotopic (exact) mass is 497 g/mol. The van der Waals surface area contributed by atoms with Crippen LogP contribution in [-0.4, -0.2) is 32.3 Å². The maximum absolute atomic E-state index is 13.3. The van der Waals surface area contributed by atoms with Gasteiger partial charge in [0.2, 0.25) is 0 Å². The minimum atomic E-state index is -2.52. The quantitative estimate of drug-likeness (QED) is 0.218. The zero-order chi connectivity index (χ0) is 26.3. The number of hydrogen-bond donors (Lipinski definition) is 1. The molecule has 1 N–H and O–H groups in total. The molecule has 1 fully saturated rings. The van der Waals surface area contributed by atoms with E-state index in [1.54, 1.807) is 13.0 Å². The van der Waals surface area contributed by atoms with E-state index in [0.717, 1.165) is 44.2 Å². The van der Waals surface area contributed by atoms with Crippen LogP contribution in [0.2, 0.25) is 0 Å². The molecule has 8 heteroatoms. The molecule has 0 amide bonds. The molecule has 1 aliphatic rings. The molecule has 6 nitrogen and oxygen atoms in total. The standard InChI is InChI=1S/C28H33F2N3O3/c1-19(13-25(35)36)12-24(34)26-22-14-21(17-31)18-32-27(22)33(2)23(26)11-9-7-5-3-4-6-8-10-20-15-28(29,30)16-20/h14,18-20H,3-7,9,11-13,15-16H2,1-2H3,(H,35,36)/t19-/m1/s1. The van der Waals surface area contributed by atoms with E-state index in [4.69, 9.17) is 5.11 Å². The summed E-state index contributed by atoms with van der Waals surface area (Å²) >= 11 is 0. The van der Waals surface area contributed by atoms with Gasteiger partial charge in [0.25, 0.3) is 5.92 Å². The van der Waals surface area contributed by atoms with E-state index in [-0.39, 0.29) is 43.3 Å². The summed E-state index contributed by atoms with van der Waals surface area (Å²) in [6.07, 6.45) is 7.55. The van der Waals surface area contributed by atoms with E-state index in [0.29, 0.717) is 28.6 Å². The van der Waals surface area contributed by atoms with Crippen molar-refractivity contribution in [3.63, 3.8) is 0 Å². The van der Waals surface area contributed by atoms with Gasteiger partial charge in [-0.25, -0.2) is 13.8 Å². The summed E-state index contributed by atoms with van der Waals surface area (Å²) < 4.78 is 27.6. The molecule has 192 valence electrons. The van der Waals surface area contributed by atoms with Gasteiger partial charge >= 0.3 is 5.97 Å². The van der Waals surface area contributed by atoms with Crippen LogP contribution in [0.15, 0.2) is 12.3 Å². The molecule has 36 heavy (non-hydrogen) atoms. The maximum atomic E-state index is 13.3. The van der Waals surface area contributed by atoms with Crippen molar-refractivity contribution < 1.29 is 23.5 Å². The molecular formula is C28H33F2N3O3. The van der Waals surface area contributed by atoms with Gasteiger partial charge in [-0.2, -0.15) is 5.26 Å². The van der Waals surface area contributed by atoms with E-state index < -0.39 is 11.9 Å². The minimum Gasteiger partial charge on any atom is -0.481 e. The third-order valence-corrected chi connectivity index (χ3v) is 6.72. The number of carbonyl (C=O) groups is 2. The van der Waals surface area contributed by atoms with E-state index in [2.05, 4.69) is 22.9 Å². The number of aromatic nitrogens is 2. The number of fused-ring (bicyclic) bond motifs is 1. The number of aryl methyl sites for hydroxylation is 1. The fourth-order valence-electron chi connectivity index (χ4n) is 4.83. The minimum absolute atomic E-state index is 0.0783. The number of nitriles is 1. The van der Waals surface area contributed by atoms with Crippen LogP contribution in [0.1, 0.15) is 92.7 Å². The number of unbranched alkanes of at least 4 members (excludes halogenated alkanes) is 5. The van der Waals surface area contributed by atoms with Crippen LogP contribution < -0.4 is 0 Å². The summed E-state index contributed by atoms with van der Waals surface area (Å²) in [5, 5.41) is 19.0.